The summed E-state index contributed by atoms with van der Waals surface area (Å²) in [4.78, 5) is 30.0. The number of rotatable bonds is 12. The molecule has 0 radical (unpaired) electrons. The van der Waals surface area contributed by atoms with Gasteiger partial charge in [-0.15, -0.1) is 0 Å². The molecule has 1 heterocycles. The molecule has 4 unspecified atom stereocenters. The fraction of sp³-hybridized carbons (Fsp3) is 0.640. The highest BCUT2D eigenvalue weighted by atomic mass is 16.6. The van der Waals surface area contributed by atoms with Gasteiger partial charge in [-0.2, -0.15) is 0 Å². The second-order valence-electron chi connectivity index (χ2n) is 9.28. The lowest BCUT2D eigenvalue weighted by molar-refractivity contribution is -0.138. The normalized spacial score (nSPS) is 23.9. The van der Waals surface area contributed by atoms with E-state index < -0.39 is 5.97 Å². The molecule has 1 aliphatic carbocycles. The third kappa shape index (κ3) is 6.63. The molecule has 0 saturated heterocycles. The molecule has 0 spiro atoms. The molecular formula is C25H35NO5. The van der Waals surface area contributed by atoms with Crippen LogP contribution in [-0.2, 0) is 25.8 Å². The van der Waals surface area contributed by atoms with Crippen LogP contribution in [0.2, 0.25) is 0 Å². The van der Waals surface area contributed by atoms with E-state index in [1.165, 1.54) is 0 Å². The standard InChI is InChI=1S/C25H35NO5/c1-17(2)10-11-19-12-13-21(27)23-24(26-31-25(19)23)20(15-22(28)29)9-6-14-30-16-18-7-4-3-5-8-18/h3-5,7-8,17,19-20,23,25H,6,9-16H2,1-2H3,(H,28,29). The van der Waals surface area contributed by atoms with Crippen LogP contribution in [0, 0.1) is 23.7 Å². The van der Waals surface area contributed by atoms with Crippen LogP contribution in [0.1, 0.15) is 64.4 Å². The lowest BCUT2D eigenvalue weighted by Crippen LogP contribution is -2.43. The van der Waals surface area contributed by atoms with Crippen LogP contribution in [0.4, 0.5) is 0 Å². The van der Waals surface area contributed by atoms with Gasteiger partial charge in [0.05, 0.1) is 24.7 Å². The van der Waals surface area contributed by atoms with Crippen molar-refractivity contribution in [2.75, 3.05) is 6.61 Å². The maximum atomic E-state index is 12.8. The van der Waals surface area contributed by atoms with Crippen LogP contribution in [0.15, 0.2) is 35.5 Å². The van der Waals surface area contributed by atoms with Crippen molar-refractivity contribution in [1.29, 1.82) is 0 Å². The lowest BCUT2D eigenvalue weighted by Gasteiger charge is -2.32. The van der Waals surface area contributed by atoms with Crippen molar-refractivity contribution in [2.45, 2.75) is 71.5 Å². The van der Waals surface area contributed by atoms with Crippen molar-refractivity contribution in [3.8, 4) is 0 Å². The third-order valence-electron chi connectivity index (χ3n) is 6.41. The maximum absolute atomic E-state index is 12.8. The average Bonchev–Trinajstić information content (AvgIpc) is 3.19. The van der Waals surface area contributed by atoms with Gasteiger partial charge in [0, 0.05) is 24.9 Å². The van der Waals surface area contributed by atoms with E-state index in [-0.39, 0.29) is 30.1 Å². The van der Waals surface area contributed by atoms with Crippen LogP contribution in [0.25, 0.3) is 0 Å². The van der Waals surface area contributed by atoms with Crippen molar-refractivity contribution in [3.05, 3.63) is 35.9 Å². The first kappa shape index (κ1) is 23.5. The van der Waals surface area contributed by atoms with E-state index in [1.807, 2.05) is 30.3 Å². The number of oxime groups is 1. The quantitative estimate of drug-likeness (QED) is 0.480. The van der Waals surface area contributed by atoms with Gasteiger partial charge in [-0.25, -0.2) is 0 Å². The predicted molar refractivity (Wildman–Crippen MR) is 119 cm³/mol. The fourth-order valence-corrected chi connectivity index (χ4v) is 4.71. The zero-order valence-corrected chi connectivity index (χ0v) is 18.7. The van der Waals surface area contributed by atoms with Crippen molar-refractivity contribution < 1.29 is 24.3 Å². The van der Waals surface area contributed by atoms with Crippen LogP contribution >= 0.6 is 0 Å². The molecule has 1 fully saturated rings. The minimum atomic E-state index is -0.874. The molecule has 0 bridgehead atoms. The van der Waals surface area contributed by atoms with Crippen molar-refractivity contribution in [3.63, 3.8) is 0 Å². The first-order valence-electron chi connectivity index (χ1n) is 11.6. The summed E-state index contributed by atoms with van der Waals surface area (Å²) >= 11 is 0. The van der Waals surface area contributed by atoms with E-state index in [4.69, 9.17) is 9.57 Å². The number of nitrogens with zero attached hydrogens (tertiary/aromatic N) is 1. The molecule has 1 N–H and O–H groups in total. The largest absolute Gasteiger partial charge is 0.481 e. The fourth-order valence-electron chi connectivity index (χ4n) is 4.71. The number of carboxylic acid groups (broad SMARTS) is 1. The van der Waals surface area contributed by atoms with Crippen LogP contribution in [0.3, 0.4) is 0 Å². The Bertz CT molecular complexity index is 760. The summed E-state index contributed by atoms with van der Waals surface area (Å²) in [6.07, 6.45) is 4.57. The molecule has 170 valence electrons. The van der Waals surface area contributed by atoms with Gasteiger partial charge in [0.15, 0.2) is 0 Å². The van der Waals surface area contributed by atoms with Gasteiger partial charge >= 0.3 is 5.97 Å². The molecule has 1 aromatic carbocycles. The summed E-state index contributed by atoms with van der Waals surface area (Å²) in [7, 11) is 0. The first-order valence-corrected chi connectivity index (χ1v) is 11.6. The highest BCUT2D eigenvalue weighted by molar-refractivity contribution is 6.08. The van der Waals surface area contributed by atoms with E-state index in [0.29, 0.717) is 50.0 Å². The molecule has 6 heteroatoms. The van der Waals surface area contributed by atoms with Gasteiger partial charge in [0.1, 0.15) is 11.9 Å². The summed E-state index contributed by atoms with van der Waals surface area (Å²) in [6.45, 7) is 5.48. The maximum Gasteiger partial charge on any atom is 0.304 e. The number of fused-ring (bicyclic) bond motifs is 1. The Morgan fingerprint density at radius 3 is 2.74 bits per heavy atom. The summed E-state index contributed by atoms with van der Waals surface area (Å²) in [5.74, 6) is -0.473. The number of hydrogen-bond donors (Lipinski definition) is 1. The van der Waals surface area contributed by atoms with Gasteiger partial charge < -0.3 is 14.7 Å². The number of carbonyl (C=O) groups is 2. The molecular weight excluding hydrogens is 394 g/mol. The molecule has 31 heavy (non-hydrogen) atoms. The SMILES string of the molecule is CC(C)CCC1CCC(=O)C2C(C(CCCOCc3ccccc3)CC(=O)O)=NOC12. The number of ketones is 1. The Balaban J connectivity index is 1.56. The zero-order chi connectivity index (χ0) is 22.2. The molecule has 1 aliphatic heterocycles. The van der Waals surface area contributed by atoms with Crippen molar-refractivity contribution >= 4 is 17.5 Å². The monoisotopic (exact) mass is 429 g/mol. The minimum Gasteiger partial charge on any atom is -0.481 e. The topological polar surface area (TPSA) is 85.2 Å². The molecule has 0 amide bonds. The molecule has 0 aromatic heterocycles. The van der Waals surface area contributed by atoms with Gasteiger partial charge in [0.25, 0.3) is 0 Å². The summed E-state index contributed by atoms with van der Waals surface area (Å²) in [6, 6.07) is 9.96. The summed E-state index contributed by atoms with van der Waals surface area (Å²) in [5, 5.41) is 13.7. The van der Waals surface area contributed by atoms with Gasteiger partial charge in [-0.1, -0.05) is 55.8 Å². The lowest BCUT2D eigenvalue weighted by atomic mass is 9.71. The molecule has 1 saturated carbocycles. The Kier molecular flexibility index (Phi) is 8.64. The number of carboxylic acids is 1. The minimum absolute atomic E-state index is 0.0337. The number of benzene rings is 1. The highest BCUT2D eigenvalue weighted by Gasteiger charge is 2.48. The third-order valence-corrected chi connectivity index (χ3v) is 6.41. The Morgan fingerprint density at radius 1 is 1.26 bits per heavy atom. The van der Waals surface area contributed by atoms with Crippen molar-refractivity contribution in [1.82, 2.24) is 0 Å². The van der Waals surface area contributed by atoms with Gasteiger partial charge in [0.2, 0.25) is 0 Å². The van der Waals surface area contributed by atoms with Crippen molar-refractivity contribution in [2.24, 2.45) is 28.8 Å². The number of aliphatic carboxylic acids is 1. The predicted octanol–water partition coefficient (Wildman–Crippen LogP) is 4.86. The smallest absolute Gasteiger partial charge is 0.304 e. The Hall–Kier alpha value is -2.21. The average molecular weight is 430 g/mol. The number of ether oxygens (including phenoxy) is 1. The van der Waals surface area contributed by atoms with E-state index >= 15 is 0 Å². The first-order chi connectivity index (χ1) is 15.0. The summed E-state index contributed by atoms with van der Waals surface area (Å²) < 4.78 is 5.75. The van der Waals surface area contributed by atoms with E-state index in [0.717, 1.165) is 24.8 Å². The number of Topliss-reactive ketones (excluding diaryl/α,β-unsaturated/α-hetero) is 1. The van der Waals surface area contributed by atoms with Crippen LogP contribution in [-0.4, -0.2) is 35.3 Å². The molecule has 2 aliphatic rings. The molecule has 3 rings (SSSR count). The molecule has 6 nitrogen and oxygen atoms in total. The Morgan fingerprint density at radius 2 is 2.03 bits per heavy atom. The summed E-state index contributed by atoms with van der Waals surface area (Å²) in [5.41, 5.74) is 1.76. The molecule has 1 aromatic rings. The second-order valence-corrected chi connectivity index (χ2v) is 9.28. The van der Waals surface area contributed by atoms with Gasteiger partial charge in [-0.05, 0) is 37.2 Å². The van der Waals surface area contributed by atoms with Crippen LogP contribution < -0.4 is 0 Å². The van der Waals surface area contributed by atoms with E-state index in [1.54, 1.807) is 0 Å². The number of carbonyl (C=O) groups excluding carboxylic acids is 1. The Labute approximate surface area is 185 Å². The van der Waals surface area contributed by atoms with Crippen LogP contribution in [0.5, 0.6) is 0 Å². The highest BCUT2D eigenvalue weighted by Crippen LogP contribution is 2.40. The van der Waals surface area contributed by atoms with E-state index in [9.17, 15) is 14.7 Å². The molecule has 4 atom stereocenters. The van der Waals surface area contributed by atoms with Gasteiger partial charge in [-0.3, -0.25) is 9.59 Å². The zero-order valence-electron chi connectivity index (χ0n) is 18.7. The number of hydrogen-bond acceptors (Lipinski definition) is 5. The second kappa shape index (κ2) is 11.4. The van der Waals surface area contributed by atoms with E-state index in [2.05, 4.69) is 19.0 Å².